The smallest absolute Gasteiger partial charge is 0.101 e. The lowest BCUT2D eigenvalue weighted by molar-refractivity contribution is -0.178. The van der Waals surface area contributed by atoms with Gasteiger partial charge in [-0.1, -0.05) is 38.1 Å². The molecule has 7 atom stereocenters. The van der Waals surface area contributed by atoms with E-state index in [-0.39, 0.29) is 22.7 Å². The molecule has 5 aliphatic rings. The van der Waals surface area contributed by atoms with E-state index in [2.05, 4.69) is 48.3 Å². The molecule has 2 aliphatic heterocycles. The first-order chi connectivity index (χ1) is 18.4. The van der Waals surface area contributed by atoms with Crippen molar-refractivity contribution in [1.82, 2.24) is 10.0 Å². The fraction of sp³-hybridized carbons (Fsp3) is 0.606. The van der Waals surface area contributed by atoms with E-state index < -0.39 is 6.17 Å². The number of allylic oxidation sites excluding steroid dienone is 1. The second kappa shape index (κ2) is 8.97. The molecule has 4 nitrogen and oxygen atoms in total. The molecule has 1 aromatic carbocycles. The minimum atomic E-state index is -0.843. The van der Waals surface area contributed by atoms with Crippen LogP contribution in [0.4, 0.5) is 4.39 Å². The quantitative estimate of drug-likeness (QED) is 0.400. The number of alkyl halides is 1. The summed E-state index contributed by atoms with van der Waals surface area (Å²) < 4.78 is 21.3. The van der Waals surface area contributed by atoms with Gasteiger partial charge in [0.05, 0.1) is 11.2 Å². The third kappa shape index (κ3) is 3.61. The van der Waals surface area contributed by atoms with Crippen molar-refractivity contribution in [3.63, 3.8) is 0 Å². The predicted molar refractivity (Wildman–Crippen MR) is 148 cm³/mol. The lowest BCUT2D eigenvalue weighted by Crippen LogP contribution is -2.55. The summed E-state index contributed by atoms with van der Waals surface area (Å²) in [5, 5.41) is 14.8. The van der Waals surface area contributed by atoms with Crippen molar-refractivity contribution in [3.8, 4) is 0 Å². The van der Waals surface area contributed by atoms with Crippen molar-refractivity contribution >= 4 is 10.8 Å². The number of hydroxylamine groups is 2. The van der Waals surface area contributed by atoms with Gasteiger partial charge in [-0.15, -0.1) is 0 Å². The van der Waals surface area contributed by atoms with E-state index in [4.69, 9.17) is 4.74 Å². The van der Waals surface area contributed by atoms with E-state index in [1.807, 2.05) is 19.3 Å². The van der Waals surface area contributed by atoms with Crippen molar-refractivity contribution in [3.05, 3.63) is 65.5 Å². The van der Waals surface area contributed by atoms with E-state index >= 15 is 0 Å². The number of halogens is 1. The van der Waals surface area contributed by atoms with Crippen LogP contribution < -0.4 is 0 Å². The number of fused-ring (bicyclic) bond motifs is 2. The second-order valence-electron chi connectivity index (χ2n) is 13.0. The molecule has 2 aromatic rings. The largest absolute Gasteiger partial charge is 0.359 e. The molecule has 5 heteroatoms. The van der Waals surface area contributed by atoms with Crippen LogP contribution in [0.3, 0.4) is 0 Å². The highest BCUT2D eigenvalue weighted by atomic mass is 19.1. The van der Waals surface area contributed by atoms with Crippen LogP contribution in [0.1, 0.15) is 89.5 Å². The van der Waals surface area contributed by atoms with Gasteiger partial charge in [0.2, 0.25) is 0 Å². The molecule has 0 radical (unpaired) electrons. The first-order valence-electron chi connectivity index (χ1n) is 14.9. The maximum Gasteiger partial charge on any atom is 0.101 e. The number of pyridine rings is 1. The normalized spacial score (nSPS) is 38.4. The van der Waals surface area contributed by atoms with Crippen LogP contribution in [-0.4, -0.2) is 45.2 Å². The molecule has 2 saturated carbocycles. The van der Waals surface area contributed by atoms with Gasteiger partial charge in [0.1, 0.15) is 6.17 Å². The molecule has 0 unspecified atom stereocenters. The Bertz CT molecular complexity index is 1310. The molecule has 38 heavy (non-hydrogen) atoms. The fourth-order valence-corrected chi connectivity index (χ4v) is 9.16. The van der Waals surface area contributed by atoms with Gasteiger partial charge in [-0.05, 0) is 116 Å². The first kappa shape index (κ1) is 24.9. The van der Waals surface area contributed by atoms with Gasteiger partial charge in [0.25, 0.3) is 0 Å². The topological polar surface area (TPSA) is 45.6 Å². The summed E-state index contributed by atoms with van der Waals surface area (Å²) in [6.07, 6.45) is 17.2. The zero-order valence-corrected chi connectivity index (χ0v) is 22.8. The monoisotopic (exact) mass is 516 g/mol. The average molecular weight is 517 g/mol. The number of hydrogen-bond acceptors (Lipinski definition) is 4. The molecule has 202 valence electrons. The molecule has 1 saturated heterocycles. The van der Waals surface area contributed by atoms with Crippen LogP contribution in [0, 0.1) is 11.3 Å². The summed E-state index contributed by atoms with van der Waals surface area (Å²) in [4.78, 5) is 4.37. The summed E-state index contributed by atoms with van der Waals surface area (Å²) in [5.41, 5.74) is 3.97. The Hall–Kier alpha value is -2.08. The van der Waals surface area contributed by atoms with Crippen LogP contribution in [0.15, 0.2) is 60.0 Å². The number of aromatic nitrogens is 1. The summed E-state index contributed by atoms with van der Waals surface area (Å²) >= 11 is 0. The molecule has 0 amide bonds. The van der Waals surface area contributed by atoms with Crippen molar-refractivity contribution in [2.45, 2.75) is 107 Å². The molecule has 3 heterocycles. The number of nitrogens with zero attached hydrogens (tertiary/aromatic N) is 2. The minimum absolute atomic E-state index is 0.0365. The van der Waals surface area contributed by atoms with Gasteiger partial charge in [-0.3, -0.25) is 4.98 Å². The van der Waals surface area contributed by atoms with Crippen molar-refractivity contribution < 1.29 is 14.3 Å². The van der Waals surface area contributed by atoms with Gasteiger partial charge < -0.3 is 9.94 Å². The fourth-order valence-electron chi connectivity index (χ4n) is 9.16. The van der Waals surface area contributed by atoms with Gasteiger partial charge in [0.15, 0.2) is 0 Å². The Balaban J connectivity index is 1.17. The molecule has 3 aliphatic carbocycles. The Morgan fingerprint density at radius 1 is 1.18 bits per heavy atom. The third-order valence-corrected chi connectivity index (χ3v) is 11.3. The van der Waals surface area contributed by atoms with Crippen molar-refractivity contribution in [2.24, 2.45) is 11.3 Å². The van der Waals surface area contributed by atoms with Crippen LogP contribution in [0.25, 0.3) is 10.8 Å². The molecule has 2 spiro atoms. The van der Waals surface area contributed by atoms with Crippen LogP contribution >= 0.6 is 0 Å². The van der Waals surface area contributed by atoms with E-state index in [9.17, 15) is 9.60 Å². The van der Waals surface area contributed by atoms with Crippen molar-refractivity contribution in [2.75, 3.05) is 6.54 Å². The average Bonchev–Trinajstić information content (AvgIpc) is 3.45. The zero-order chi connectivity index (χ0) is 26.1. The van der Waals surface area contributed by atoms with E-state index in [1.54, 1.807) is 0 Å². The highest BCUT2D eigenvalue weighted by Gasteiger charge is 2.66. The van der Waals surface area contributed by atoms with Gasteiger partial charge in [-0.25, -0.2) is 4.39 Å². The van der Waals surface area contributed by atoms with E-state index in [0.29, 0.717) is 31.2 Å². The van der Waals surface area contributed by atoms with E-state index in [1.165, 1.54) is 45.4 Å². The highest BCUT2D eigenvalue weighted by Crippen LogP contribution is 2.69. The number of ether oxygens (including phenoxy) is 1. The van der Waals surface area contributed by atoms with Gasteiger partial charge >= 0.3 is 0 Å². The third-order valence-electron chi connectivity index (χ3n) is 11.3. The summed E-state index contributed by atoms with van der Waals surface area (Å²) in [6, 6.07) is 9.10. The van der Waals surface area contributed by atoms with Crippen LogP contribution in [-0.2, 0) is 4.74 Å². The van der Waals surface area contributed by atoms with Gasteiger partial charge in [-0.2, -0.15) is 5.06 Å². The Morgan fingerprint density at radius 2 is 2.08 bits per heavy atom. The highest BCUT2D eigenvalue weighted by molar-refractivity contribution is 5.82. The number of benzene rings is 1. The Kier molecular flexibility index (Phi) is 5.88. The van der Waals surface area contributed by atoms with Crippen LogP contribution in [0.5, 0.6) is 0 Å². The van der Waals surface area contributed by atoms with Gasteiger partial charge in [0, 0.05) is 30.4 Å². The Labute approximate surface area is 225 Å². The number of hydrogen-bond donors (Lipinski definition) is 1. The zero-order valence-electron chi connectivity index (χ0n) is 22.8. The summed E-state index contributed by atoms with van der Waals surface area (Å²) in [6.45, 7) is 4.78. The lowest BCUT2D eigenvalue weighted by Gasteiger charge is -2.54. The minimum Gasteiger partial charge on any atom is -0.359 e. The Morgan fingerprint density at radius 3 is 2.95 bits per heavy atom. The molecule has 1 N–H and O–H groups in total. The molecule has 7 rings (SSSR count). The van der Waals surface area contributed by atoms with Crippen LogP contribution in [0.2, 0.25) is 0 Å². The SMILES string of the molecule is CC[C@H](F)CCN(O)[C@@H]1CCC2=CC3=CC[C@]4(C)[C@@H](c5ccc6ccncc6c5)CC[C@H]4[C@@]34CC[C@]2(C1)O4. The van der Waals surface area contributed by atoms with Crippen molar-refractivity contribution in [1.29, 1.82) is 0 Å². The number of rotatable bonds is 6. The summed E-state index contributed by atoms with van der Waals surface area (Å²) in [5.74, 6) is 0.998. The standard InChI is InChI=1S/C33H41FN2O2/c1-3-27(34)12-17-36(37)28-7-6-25-19-26-10-13-31(2)29(23-5-4-22-11-16-35-21-24(22)18-23)8-9-30(31)33(26)15-14-32(25,20-28)38-33/h4-5,10-11,16,18-19,21,27-30,37H,3,6-9,12-15,17,20H2,1-2H3/t27-,28+,29+,30+,31+,32+,33+/m0/s1. The first-order valence-corrected chi connectivity index (χ1v) is 14.9. The second-order valence-corrected chi connectivity index (χ2v) is 13.0. The molecule has 1 aromatic heterocycles. The molecular formula is C33H41FN2O2. The van der Waals surface area contributed by atoms with E-state index in [0.717, 1.165) is 38.5 Å². The summed E-state index contributed by atoms with van der Waals surface area (Å²) in [7, 11) is 0. The molecule has 2 bridgehead atoms. The maximum atomic E-state index is 13.9. The predicted octanol–water partition coefficient (Wildman–Crippen LogP) is 7.67. The maximum absolute atomic E-state index is 13.9. The molecular weight excluding hydrogens is 475 g/mol. The molecule has 3 fully saturated rings. The lowest BCUT2D eigenvalue weighted by atomic mass is 9.58.